The van der Waals surface area contributed by atoms with Crippen molar-refractivity contribution in [3.05, 3.63) is 64.8 Å². The average Bonchev–Trinajstić information content (AvgIpc) is 2.67. The fraction of sp³-hybridized carbons (Fsp3) is 0.190. The molecule has 3 aromatic rings. The number of nitriles is 1. The standard InChI is InChI=1S/C21H18N2O3/c1-4-16-13(2)20(15-7-5-6-8-17(15)23-16)21(24)26-18-10-9-14(12-22)11-19(18)25-3/h5-11H,4H2,1-3H3. The minimum atomic E-state index is -0.473. The summed E-state index contributed by atoms with van der Waals surface area (Å²) in [7, 11) is 1.47. The molecule has 5 heteroatoms. The molecule has 5 nitrogen and oxygen atoms in total. The van der Waals surface area contributed by atoms with E-state index in [1.54, 1.807) is 12.1 Å². The monoisotopic (exact) mass is 346 g/mol. The van der Waals surface area contributed by atoms with Crippen molar-refractivity contribution in [1.29, 1.82) is 5.26 Å². The number of methoxy groups -OCH3 is 1. The second kappa shape index (κ2) is 7.24. The molecule has 0 spiro atoms. The van der Waals surface area contributed by atoms with E-state index in [1.807, 2.05) is 44.2 Å². The van der Waals surface area contributed by atoms with Crippen molar-refractivity contribution < 1.29 is 14.3 Å². The Morgan fingerprint density at radius 1 is 1.19 bits per heavy atom. The van der Waals surface area contributed by atoms with Crippen LogP contribution in [0.1, 0.15) is 34.1 Å². The molecule has 3 rings (SSSR count). The zero-order valence-electron chi connectivity index (χ0n) is 14.9. The summed E-state index contributed by atoms with van der Waals surface area (Å²) >= 11 is 0. The number of rotatable bonds is 4. The van der Waals surface area contributed by atoms with Crippen LogP contribution in [0.2, 0.25) is 0 Å². The highest BCUT2D eigenvalue weighted by molar-refractivity contribution is 6.05. The number of carbonyl (C=O) groups is 1. The molecule has 0 fully saturated rings. The van der Waals surface area contributed by atoms with Gasteiger partial charge < -0.3 is 9.47 Å². The zero-order valence-corrected chi connectivity index (χ0v) is 14.9. The Morgan fingerprint density at radius 3 is 2.65 bits per heavy atom. The molecule has 1 aromatic heterocycles. The van der Waals surface area contributed by atoms with Crippen molar-refractivity contribution >= 4 is 16.9 Å². The number of esters is 1. The molecule has 0 radical (unpaired) electrons. The highest BCUT2D eigenvalue weighted by Crippen LogP contribution is 2.30. The van der Waals surface area contributed by atoms with Gasteiger partial charge in [-0.2, -0.15) is 5.26 Å². The summed E-state index contributed by atoms with van der Waals surface area (Å²) in [6.45, 7) is 3.88. The maximum atomic E-state index is 13.0. The topological polar surface area (TPSA) is 72.2 Å². The second-order valence-electron chi connectivity index (χ2n) is 5.80. The van der Waals surface area contributed by atoms with Gasteiger partial charge in [-0.15, -0.1) is 0 Å². The van der Waals surface area contributed by atoms with E-state index < -0.39 is 5.97 Å². The van der Waals surface area contributed by atoms with Gasteiger partial charge >= 0.3 is 5.97 Å². The Bertz CT molecular complexity index is 1040. The zero-order chi connectivity index (χ0) is 18.7. The number of hydrogen-bond acceptors (Lipinski definition) is 5. The smallest absolute Gasteiger partial charge is 0.344 e. The van der Waals surface area contributed by atoms with Crippen LogP contribution in [-0.2, 0) is 6.42 Å². The molecule has 0 saturated heterocycles. The van der Waals surface area contributed by atoms with Gasteiger partial charge in [0.25, 0.3) is 0 Å². The van der Waals surface area contributed by atoms with Crippen LogP contribution in [0.25, 0.3) is 10.9 Å². The number of benzene rings is 2. The van der Waals surface area contributed by atoms with Crippen LogP contribution >= 0.6 is 0 Å². The average molecular weight is 346 g/mol. The molecule has 130 valence electrons. The van der Waals surface area contributed by atoms with E-state index in [1.165, 1.54) is 13.2 Å². The first-order valence-electron chi connectivity index (χ1n) is 8.27. The summed E-state index contributed by atoms with van der Waals surface area (Å²) < 4.78 is 10.9. The molecule has 0 bridgehead atoms. The highest BCUT2D eigenvalue weighted by atomic mass is 16.6. The summed E-state index contributed by atoms with van der Waals surface area (Å²) in [6.07, 6.45) is 0.719. The molecule has 26 heavy (non-hydrogen) atoms. The van der Waals surface area contributed by atoms with Crippen LogP contribution in [0.4, 0.5) is 0 Å². The molecule has 1 heterocycles. The first kappa shape index (κ1) is 17.4. The van der Waals surface area contributed by atoms with Crippen molar-refractivity contribution in [1.82, 2.24) is 4.98 Å². The lowest BCUT2D eigenvalue weighted by molar-refractivity contribution is 0.0731. The summed E-state index contributed by atoms with van der Waals surface area (Å²) in [4.78, 5) is 17.6. The van der Waals surface area contributed by atoms with E-state index in [0.29, 0.717) is 16.9 Å². The maximum Gasteiger partial charge on any atom is 0.344 e. The fourth-order valence-corrected chi connectivity index (χ4v) is 2.94. The van der Waals surface area contributed by atoms with Gasteiger partial charge in [0.05, 0.1) is 29.8 Å². The Hall–Kier alpha value is -3.39. The SMILES string of the molecule is CCc1nc2ccccc2c(C(=O)Oc2ccc(C#N)cc2OC)c1C. The van der Waals surface area contributed by atoms with Crippen molar-refractivity contribution in [2.45, 2.75) is 20.3 Å². The quantitative estimate of drug-likeness (QED) is 0.523. The molecular weight excluding hydrogens is 328 g/mol. The van der Waals surface area contributed by atoms with Gasteiger partial charge in [-0.05, 0) is 37.1 Å². The highest BCUT2D eigenvalue weighted by Gasteiger charge is 2.20. The van der Waals surface area contributed by atoms with Crippen LogP contribution in [0.15, 0.2) is 42.5 Å². The van der Waals surface area contributed by atoms with Gasteiger partial charge in [0.2, 0.25) is 0 Å². The third kappa shape index (κ3) is 3.09. The van der Waals surface area contributed by atoms with E-state index in [9.17, 15) is 4.79 Å². The number of fused-ring (bicyclic) bond motifs is 1. The predicted molar refractivity (Wildman–Crippen MR) is 98.5 cm³/mol. The van der Waals surface area contributed by atoms with Gasteiger partial charge in [-0.25, -0.2) is 4.79 Å². The van der Waals surface area contributed by atoms with Gasteiger partial charge in [0, 0.05) is 17.1 Å². The van der Waals surface area contributed by atoms with Gasteiger partial charge in [-0.1, -0.05) is 25.1 Å². The summed E-state index contributed by atoms with van der Waals surface area (Å²) in [5.74, 6) is 0.137. The molecule has 0 amide bonds. The van der Waals surface area contributed by atoms with E-state index >= 15 is 0 Å². The third-order valence-electron chi connectivity index (χ3n) is 4.27. The van der Waals surface area contributed by atoms with Crippen LogP contribution in [0, 0.1) is 18.3 Å². The number of carbonyl (C=O) groups excluding carboxylic acids is 1. The Balaban J connectivity index is 2.09. The van der Waals surface area contributed by atoms with Crippen LogP contribution in [-0.4, -0.2) is 18.1 Å². The minimum absolute atomic E-state index is 0.273. The molecular formula is C21H18N2O3. The van der Waals surface area contributed by atoms with Crippen molar-refractivity contribution in [3.63, 3.8) is 0 Å². The second-order valence-corrected chi connectivity index (χ2v) is 5.80. The number of nitrogens with zero attached hydrogens (tertiary/aromatic N) is 2. The Kier molecular flexibility index (Phi) is 4.85. The fourth-order valence-electron chi connectivity index (χ4n) is 2.94. The number of para-hydroxylation sites is 1. The lowest BCUT2D eigenvalue weighted by Crippen LogP contribution is -2.14. The molecule has 0 aliphatic carbocycles. The molecule has 0 saturated carbocycles. The molecule has 0 atom stereocenters. The summed E-state index contributed by atoms with van der Waals surface area (Å²) in [5.41, 5.74) is 3.36. The Morgan fingerprint density at radius 2 is 1.96 bits per heavy atom. The van der Waals surface area contributed by atoms with Gasteiger partial charge in [0.1, 0.15) is 0 Å². The van der Waals surface area contributed by atoms with E-state index in [4.69, 9.17) is 14.7 Å². The number of pyridine rings is 1. The lowest BCUT2D eigenvalue weighted by Gasteiger charge is -2.14. The first-order valence-corrected chi connectivity index (χ1v) is 8.27. The van der Waals surface area contributed by atoms with Crippen molar-refractivity contribution in [2.75, 3.05) is 7.11 Å². The number of aromatic nitrogens is 1. The normalized spacial score (nSPS) is 10.4. The first-order chi connectivity index (χ1) is 12.6. The number of ether oxygens (including phenoxy) is 2. The van der Waals surface area contributed by atoms with E-state index in [-0.39, 0.29) is 5.75 Å². The molecule has 0 aliphatic heterocycles. The van der Waals surface area contributed by atoms with Crippen LogP contribution in [0.5, 0.6) is 11.5 Å². The maximum absolute atomic E-state index is 13.0. The molecule has 0 unspecified atom stereocenters. The van der Waals surface area contributed by atoms with Crippen molar-refractivity contribution in [3.8, 4) is 17.6 Å². The summed E-state index contributed by atoms with van der Waals surface area (Å²) in [6, 6.07) is 14.2. The Labute approximate surface area is 151 Å². The number of aryl methyl sites for hydroxylation is 1. The molecule has 0 aliphatic rings. The van der Waals surface area contributed by atoms with Gasteiger partial charge in [0.15, 0.2) is 11.5 Å². The third-order valence-corrected chi connectivity index (χ3v) is 4.27. The predicted octanol–water partition coefficient (Wildman–Crippen LogP) is 4.21. The number of hydrogen-bond donors (Lipinski definition) is 0. The molecule has 0 N–H and O–H groups in total. The van der Waals surface area contributed by atoms with Gasteiger partial charge in [-0.3, -0.25) is 4.98 Å². The van der Waals surface area contributed by atoms with E-state index in [0.717, 1.165) is 28.6 Å². The molecule has 2 aromatic carbocycles. The summed E-state index contributed by atoms with van der Waals surface area (Å²) in [5, 5.41) is 9.75. The van der Waals surface area contributed by atoms with Crippen LogP contribution < -0.4 is 9.47 Å². The van der Waals surface area contributed by atoms with Crippen LogP contribution in [0.3, 0.4) is 0 Å². The van der Waals surface area contributed by atoms with E-state index in [2.05, 4.69) is 4.98 Å². The minimum Gasteiger partial charge on any atom is -0.493 e. The van der Waals surface area contributed by atoms with Crippen molar-refractivity contribution in [2.24, 2.45) is 0 Å². The largest absolute Gasteiger partial charge is 0.493 e. The lowest BCUT2D eigenvalue weighted by atomic mass is 10.0.